The van der Waals surface area contributed by atoms with Crippen LogP contribution in [0.25, 0.3) is 22.4 Å². The van der Waals surface area contributed by atoms with Crippen LogP contribution < -0.4 is 5.73 Å². The van der Waals surface area contributed by atoms with Gasteiger partial charge in [0.05, 0.1) is 18.3 Å². The van der Waals surface area contributed by atoms with Crippen molar-refractivity contribution in [3.05, 3.63) is 60.3 Å². The molecule has 5 nitrogen and oxygen atoms in total. The molecule has 2 aromatic heterocycles. The lowest BCUT2D eigenvalue weighted by atomic mass is 9.97. The molecule has 0 amide bonds. The molecule has 0 aliphatic rings. The van der Waals surface area contributed by atoms with E-state index in [2.05, 4.69) is 15.2 Å². The van der Waals surface area contributed by atoms with Gasteiger partial charge in [0.15, 0.2) is 0 Å². The SMILES string of the molecule is COC[C@@H](N)c1[nH]nc(-c2ccc(F)cc2)c1-c1ccncc1. The maximum absolute atomic E-state index is 13.2. The van der Waals surface area contributed by atoms with Crippen LogP contribution in [0.4, 0.5) is 4.39 Å². The first kappa shape index (κ1) is 15.3. The van der Waals surface area contributed by atoms with E-state index >= 15 is 0 Å². The third-order valence-electron chi connectivity index (χ3n) is 3.60. The van der Waals surface area contributed by atoms with Gasteiger partial charge in [-0.3, -0.25) is 10.1 Å². The molecule has 0 aliphatic heterocycles. The summed E-state index contributed by atoms with van der Waals surface area (Å²) in [6.45, 7) is 0.364. The first-order valence-corrected chi connectivity index (χ1v) is 7.20. The molecule has 3 rings (SSSR count). The monoisotopic (exact) mass is 312 g/mol. The van der Waals surface area contributed by atoms with Gasteiger partial charge in [-0.1, -0.05) is 0 Å². The smallest absolute Gasteiger partial charge is 0.123 e. The first-order chi connectivity index (χ1) is 11.2. The van der Waals surface area contributed by atoms with Gasteiger partial charge in [0, 0.05) is 30.6 Å². The summed E-state index contributed by atoms with van der Waals surface area (Å²) in [6.07, 6.45) is 3.42. The zero-order valence-electron chi connectivity index (χ0n) is 12.7. The summed E-state index contributed by atoms with van der Waals surface area (Å²) < 4.78 is 18.3. The number of H-pyrrole nitrogens is 1. The number of hydrogen-bond acceptors (Lipinski definition) is 4. The number of aromatic nitrogens is 3. The Morgan fingerprint density at radius 2 is 1.83 bits per heavy atom. The number of hydrogen-bond donors (Lipinski definition) is 2. The highest BCUT2D eigenvalue weighted by molar-refractivity contribution is 5.82. The van der Waals surface area contributed by atoms with Crippen LogP contribution in [-0.2, 0) is 4.74 Å². The molecule has 0 bridgehead atoms. The van der Waals surface area contributed by atoms with Crippen molar-refractivity contribution in [2.75, 3.05) is 13.7 Å². The number of ether oxygens (including phenoxy) is 1. The van der Waals surface area contributed by atoms with Gasteiger partial charge in [0.25, 0.3) is 0 Å². The Hall–Kier alpha value is -2.57. The Kier molecular flexibility index (Phi) is 4.45. The molecule has 0 aliphatic carbocycles. The third kappa shape index (κ3) is 3.13. The van der Waals surface area contributed by atoms with E-state index in [1.54, 1.807) is 31.6 Å². The summed E-state index contributed by atoms with van der Waals surface area (Å²) in [7, 11) is 1.60. The van der Waals surface area contributed by atoms with Crippen molar-refractivity contribution in [2.24, 2.45) is 5.73 Å². The van der Waals surface area contributed by atoms with E-state index in [1.165, 1.54) is 12.1 Å². The van der Waals surface area contributed by atoms with Crippen molar-refractivity contribution in [1.82, 2.24) is 15.2 Å². The Morgan fingerprint density at radius 1 is 1.13 bits per heavy atom. The maximum atomic E-state index is 13.2. The minimum Gasteiger partial charge on any atom is -0.383 e. The van der Waals surface area contributed by atoms with Crippen LogP contribution in [0.1, 0.15) is 11.7 Å². The fourth-order valence-electron chi connectivity index (χ4n) is 2.51. The maximum Gasteiger partial charge on any atom is 0.123 e. The zero-order chi connectivity index (χ0) is 16.2. The molecule has 118 valence electrons. The lowest BCUT2D eigenvalue weighted by molar-refractivity contribution is 0.179. The minimum absolute atomic E-state index is 0.286. The second-order valence-electron chi connectivity index (χ2n) is 5.17. The van der Waals surface area contributed by atoms with Crippen LogP contribution in [0.2, 0.25) is 0 Å². The highest BCUT2D eigenvalue weighted by Crippen LogP contribution is 2.35. The number of rotatable bonds is 5. The van der Waals surface area contributed by atoms with E-state index in [9.17, 15) is 4.39 Å². The first-order valence-electron chi connectivity index (χ1n) is 7.20. The van der Waals surface area contributed by atoms with Crippen molar-refractivity contribution >= 4 is 0 Å². The minimum atomic E-state index is -0.343. The molecule has 3 N–H and O–H groups in total. The van der Waals surface area contributed by atoms with E-state index in [-0.39, 0.29) is 11.9 Å². The van der Waals surface area contributed by atoms with Crippen LogP contribution in [0.15, 0.2) is 48.8 Å². The number of nitrogens with zero attached hydrogens (tertiary/aromatic N) is 2. The summed E-state index contributed by atoms with van der Waals surface area (Å²) >= 11 is 0. The van der Waals surface area contributed by atoms with Gasteiger partial charge in [-0.2, -0.15) is 5.10 Å². The van der Waals surface area contributed by atoms with Crippen molar-refractivity contribution in [3.63, 3.8) is 0 Å². The summed E-state index contributed by atoms with van der Waals surface area (Å²) in [6, 6.07) is 9.65. The molecule has 2 heterocycles. The fourth-order valence-corrected chi connectivity index (χ4v) is 2.51. The van der Waals surface area contributed by atoms with Crippen LogP contribution in [0.3, 0.4) is 0 Å². The molecular weight excluding hydrogens is 295 g/mol. The fraction of sp³-hybridized carbons (Fsp3) is 0.176. The summed E-state index contributed by atoms with van der Waals surface area (Å²) in [5, 5.41) is 7.39. The van der Waals surface area contributed by atoms with E-state index in [1.807, 2.05) is 12.1 Å². The van der Waals surface area contributed by atoms with Gasteiger partial charge < -0.3 is 10.5 Å². The standard InChI is InChI=1S/C17H17FN4O/c1-23-10-14(19)17-15(11-6-8-20-9-7-11)16(21-22-17)12-2-4-13(18)5-3-12/h2-9,14H,10,19H2,1H3,(H,21,22)/t14-/m1/s1. The molecule has 6 heteroatoms. The largest absolute Gasteiger partial charge is 0.383 e. The number of methoxy groups -OCH3 is 1. The van der Waals surface area contributed by atoms with Crippen LogP contribution >= 0.6 is 0 Å². The molecule has 1 aromatic carbocycles. The van der Waals surface area contributed by atoms with Gasteiger partial charge in [-0.15, -0.1) is 0 Å². The lowest BCUT2D eigenvalue weighted by Gasteiger charge is -2.12. The van der Waals surface area contributed by atoms with Crippen LogP contribution in [0, 0.1) is 5.82 Å². The Labute approximate surface area is 133 Å². The van der Waals surface area contributed by atoms with Crippen LogP contribution in [-0.4, -0.2) is 28.9 Å². The predicted molar refractivity (Wildman–Crippen MR) is 86.0 cm³/mol. The van der Waals surface area contributed by atoms with Crippen molar-refractivity contribution in [3.8, 4) is 22.4 Å². The van der Waals surface area contributed by atoms with Crippen molar-refractivity contribution < 1.29 is 9.13 Å². The Balaban J connectivity index is 2.15. The number of benzene rings is 1. The highest BCUT2D eigenvalue weighted by atomic mass is 19.1. The zero-order valence-corrected chi connectivity index (χ0v) is 12.7. The van der Waals surface area contributed by atoms with E-state index < -0.39 is 0 Å². The normalized spacial score (nSPS) is 12.3. The molecule has 3 aromatic rings. The molecule has 0 spiro atoms. The second kappa shape index (κ2) is 6.68. The summed E-state index contributed by atoms with van der Waals surface area (Å²) in [5.41, 5.74) is 10.3. The molecule has 23 heavy (non-hydrogen) atoms. The topological polar surface area (TPSA) is 76.8 Å². The molecule has 0 radical (unpaired) electrons. The van der Waals surface area contributed by atoms with E-state index in [0.717, 1.165) is 28.1 Å². The molecular formula is C17H17FN4O. The molecule has 0 fully saturated rings. The predicted octanol–water partition coefficient (Wildman–Crippen LogP) is 2.92. The molecule has 0 saturated carbocycles. The van der Waals surface area contributed by atoms with Gasteiger partial charge in [0.1, 0.15) is 11.5 Å². The Morgan fingerprint density at radius 3 is 2.48 bits per heavy atom. The van der Waals surface area contributed by atoms with Gasteiger partial charge in [-0.25, -0.2) is 4.39 Å². The number of aromatic amines is 1. The van der Waals surface area contributed by atoms with Crippen LogP contribution in [0.5, 0.6) is 0 Å². The number of nitrogens with two attached hydrogens (primary N) is 1. The van der Waals surface area contributed by atoms with Gasteiger partial charge >= 0.3 is 0 Å². The highest BCUT2D eigenvalue weighted by Gasteiger charge is 2.21. The van der Waals surface area contributed by atoms with Crippen molar-refractivity contribution in [2.45, 2.75) is 6.04 Å². The summed E-state index contributed by atoms with van der Waals surface area (Å²) in [5.74, 6) is -0.286. The number of nitrogens with one attached hydrogen (secondary N) is 1. The molecule has 1 atom stereocenters. The Bertz CT molecular complexity index is 771. The number of halogens is 1. The van der Waals surface area contributed by atoms with Gasteiger partial charge in [-0.05, 0) is 42.0 Å². The van der Waals surface area contributed by atoms with Crippen molar-refractivity contribution in [1.29, 1.82) is 0 Å². The van der Waals surface area contributed by atoms with Gasteiger partial charge in [0.2, 0.25) is 0 Å². The molecule has 0 saturated heterocycles. The average molecular weight is 312 g/mol. The third-order valence-corrected chi connectivity index (χ3v) is 3.60. The lowest BCUT2D eigenvalue weighted by Crippen LogP contribution is -2.17. The average Bonchev–Trinajstić information content (AvgIpc) is 3.01. The quantitative estimate of drug-likeness (QED) is 0.759. The molecule has 0 unspecified atom stereocenters. The van der Waals surface area contributed by atoms with E-state index in [0.29, 0.717) is 6.61 Å². The second-order valence-corrected chi connectivity index (χ2v) is 5.17. The summed E-state index contributed by atoms with van der Waals surface area (Å²) in [4.78, 5) is 4.04. The van der Waals surface area contributed by atoms with E-state index in [4.69, 9.17) is 10.5 Å². The number of pyridine rings is 1.